The second-order valence-corrected chi connectivity index (χ2v) is 5.60. The third-order valence-electron chi connectivity index (χ3n) is 3.17. The van der Waals surface area contributed by atoms with Crippen LogP contribution in [0.3, 0.4) is 0 Å². The van der Waals surface area contributed by atoms with Crippen LogP contribution in [0.15, 0.2) is 6.20 Å². The van der Waals surface area contributed by atoms with Crippen molar-refractivity contribution in [2.75, 3.05) is 0 Å². The molecule has 0 N–H and O–H groups in total. The Morgan fingerprint density at radius 1 is 1.31 bits per heavy atom. The highest BCUT2D eigenvalue weighted by Gasteiger charge is 2.30. The Kier molecular flexibility index (Phi) is 2.41. The standard InChI is InChI=1S/C11H17NS/c1-9-12-8-10(13-9)11(2)6-4-3-5-7-11/h8H,3-7H2,1-2H3. The molecular formula is C11H17NS. The first-order chi connectivity index (χ1) is 6.21. The molecule has 2 rings (SSSR count). The van der Waals surface area contributed by atoms with Crippen molar-refractivity contribution in [3.8, 4) is 0 Å². The smallest absolute Gasteiger partial charge is 0.0896 e. The second kappa shape index (κ2) is 3.41. The molecule has 1 aromatic heterocycles. The average molecular weight is 195 g/mol. The Hall–Kier alpha value is -0.370. The molecule has 1 nitrogen and oxygen atoms in total. The van der Waals surface area contributed by atoms with Gasteiger partial charge in [-0.25, -0.2) is 4.98 Å². The predicted octanol–water partition coefficient (Wildman–Crippen LogP) is 3.67. The highest BCUT2D eigenvalue weighted by atomic mass is 32.1. The van der Waals surface area contributed by atoms with E-state index >= 15 is 0 Å². The van der Waals surface area contributed by atoms with Gasteiger partial charge in [-0.05, 0) is 19.8 Å². The van der Waals surface area contributed by atoms with Crippen LogP contribution in [0.2, 0.25) is 0 Å². The number of thiazole rings is 1. The van der Waals surface area contributed by atoms with Crippen LogP contribution in [0.4, 0.5) is 0 Å². The van der Waals surface area contributed by atoms with Gasteiger partial charge in [0.25, 0.3) is 0 Å². The first-order valence-corrected chi connectivity index (χ1v) is 5.95. The van der Waals surface area contributed by atoms with E-state index in [1.807, 2.05) is 11.3 Å². The summed E-state index contributed by atoms with van der Waals surface area (Å²) in [7, 11) is 0. The molecule has 0 atom stereocenters. The van der Waals surface area contributed by atoms with E-state index in [2.05, 4.69) is 25.0 Å². The predicted molar refractivity (Wildman–Crippen MR) is 57.3 cm³/mol. The summed E-state index contributed by atoms with van der Waals surface area (Å²) < 4.78 is 0. The molecule has 0 aliphatic heterocycles. The summed E-state index contributed by atoms with van der Waals surface area (Å²) in [5.41, 5.74) is 0.449. The molecule has 0 amide bonds. The van der Waals surface area contributed by atoms with Crippen molar-refractivity contribution in [3.05, 3.63) is 16.1 Å². The maximum atomic E-state index is 4.36. The Balaban J connectivity index is 2.22. The first kappa shape index (κ1) is 9.20. The molecular weight excluding hydrogens is 178 g/mol. The summed E-state index contributed by atoms with van der Waals surface area (Å²) in [6.45, 7) is 4.50. The molecule has 13 heavy (non-hydrogen) atoms. The van der Waals surface area contributed by atoms with Crippen molar-refractivity contribution in [2.24, 2.45) is 0 Å². The minimum Gasteiger partial charge on any atom is -0.250 e. The van der Waals surface area contributed by atoms with Gasteiger partial charge in [0.15, 0.2) is 0 Å². The Bertz CT molecular complexity index is 284. The van der Waals surface area contributed by atoms with Gasteiger partial charge < -0.3 is 0 Å². The number of rotatable bonds is 1. The lowest BCUT2D eigenvalue weighted by atomic mass is 9.75. The van der Waals surface area contributed by atoms with E-state index in [9.17, 15) is 0 Å². The molecule has 72 valence electrons. The van der Waals surface area contributed by atoms with Crippen molar-refractivity contribution in [2.45, 2.75) is 51.4 Å². The van der Waals surface area contributed by atoms with Gasteiger partial charge in [0.2, 0.25) is 0 Å². The van der Waals surface area contributed by atoms with Crippen LogP contribution in [0.25, 0.3) is 0 Å². The van der Waals surface area contributed by atoms with Crippen LogP contribution in [-0.4, -0.2) is 4.98 Å². The van der Waals surface area contributed by atoms with Crippen LogP contribution < -0.4 is 0 Å². The lowest BCUT2D eigenvalue weighted by Crippen LogP contribution is -2.23. The van der Waals surface area contributed by atoms with Crippen LogP contribution in [0.1, 0.15) is 48.9 Å². The number of aryl methyl sites for hydroxylation is 1. The van der Waals surface area contributed by atoms with Crippen molar-refractivity contribution in [3.63, 3.8) is 0 Å². The zero-order valence-corrected chi connectivity index (χ0v) is 9.28. The van der Waals surface area contributed by atoms with Gasteiger partial charge in [-0.3, -0.25) is 0 Å². The molecule has 0 saturated heterocycles. The van der Waals surface area contributed by atoms with E-state index in [-0.39, 0.29) is 0 Å². The normalized spacial score (nSPS) is 21.7. The first-order valence-electron chi connectivity index (χ1n) is 5.14. The minimum absolute atomic E-state index is 0.449. The molecule has 0 aromatic carbocycles. The van der Waals surface area contributed by atoms with Crippen molar-refractivity contribution < 1.29 is 0 Å². The number of hydrogen-bond acceptors (Lipinski definition) is 2. The van der Waals surface area contributed by atoms with E-state index in [0.717, 1.165) is 0 Å². The Morgan fingerprint density at radius 3 is 2.54 bits per heavy atom. The lowest BCUT2D eigenvalue weighted by Gasteiger charge is -2.32. The van der Waals surface area contributed by atoms with Gasteiger partial charge in [0.1, 0.15) is 0 Å². The molecule has 0 bridgehead atoms. The minimum atomic E-state index is 0.449. The van der Waals surface area contributed by atoms with Crippen LogP contribution >= 0.6 is 11.3 Å². The zero-order chi connectivity index (χ0) is 9.31. The highest BCUT2D eigenvalue weighted by Crippen LogP contribution is 2.40. The topological polar surface area (TPSA) is 12.9 Å². The molecule has 1 fully saturated rings. The fraction of sp³-hybridized carbons (Fsp3) is 0.727. The monoisotopic (exact) mass is 195 g/mol. The fourth-order valence-electron chi connectivity index (χ4n) is 2.22. The summed E-state index contributed by atoms with van der Waals surface area (Å²) in [5.74, 6) is 0. The van der Waals surface area contributed by atoms with E-state index < -0.39 is 0 Å². The summed E-state index contributed by atoms with van der Waals surface area (Å²) in [5, 5.41) is 1.21. The van der Waals surface area contributed by atoms with Crippen LogP contribution in [-0.2, 0) is 5.41 Å². The third-order valence-corrected chi connectivity index (χ3v) is 4.39. The zero-order valence-electron chi connectivity index (χ0n) is 8.47. The molecule has 0 unspecified atom stereocenters. The molecule has 1 heterocycles. The van der Waals surface area contributed by atoms with Crippen LogP contribution in [0.5, 0.6) is 0 Å². The van der Waals surface area contributed by atoms with Gasteiger partial charge in [-0.2, -0.15) is 0 Å². The summed E-state index contributed by atoms with van der Waals surface area (Å²) in [6.07, 6.45) is 9.02. The van der Waals surface area contributed by atoms with Crippen molar-refractivity contribution >= 4 is 11.3 Å². The van der Waals surface area contributed by atoms with E-state index in [0.29, 0.717) is 5.41 Å². The fourth-order valence-corrected chi connectivity index (χ4v) is 3.20. The quantitative estimate of drug-likeness (QED) is 0.666. The molecule has 1 aliphatic carbocycles. The maximum Gasteiger partial charge on any atom is 0.0896 e. The molecule has 1 aliphatic rings. The van der Waals surface area contributed by atoms with Crippen molar-refractivity contribution in [1.29, 1.82) is 0 Å². The Labute approximate surface area is 84.2 Å². The van der Waals surface area contributed by atoms with Gasteiger partial charge in [0.05, 0.1) is 5.01 Å². The van der Waals surface area contributed by atoms with E-state index in [4.69, 9.17) is 0 Å². The molecule has 1 saturated carbocycles. The molecule has 1 aromatic rings. The molecule has 0 radical (unpaired) electrons. The Morgan fingerprint density at radius 2 is 2.00 bits per heavy atom. The van der Waals surface area contributed by atoms with Gasteiger partial charge >= 0.3 is 0 Å². The molecule has 2 heteroatoms. The van der Waals surface area contributed by atoms with Crippen LogP contribution in [0, 0.1) is 6.92 Å². The maximum absolute atomic E-state index is 4.36. The number of nitrogens with zero attached hydrogens (tertiary/aromatic N) is 1. The number of aromatic nitrogens is 1. The SMILES string of the molecule is Cc1ncc(C2(C)CCCCC2)s1. The largest absolute Gasteiger partial charge is 0.250 e. The van der Waals surface area contributed by atoms with Gasteiger partial charge in [-0.15, -0.1) is 11.3 Å². The number of hydrogen-bond donors (Lipinski definition) is 0. The van der Waals surface area contributed by atoms with Gasteiger partial charge in [-0.1, -0.05) is 26.2 Å². The average Bonchev–Trinajstić information content (AvgIpc) is 2.54. The van der Waals surface area contributed by atoms with E-state index in [1.54, 1.807) is 0 Å². The summed E-state index contributed by atoms with van der Waals surface area (Å²) in [4.78, 5) is 5.86. The van der Waals surface area contributed by atoms with E-state index in [1.165, 1.54) is 42.0 Å². The van der Waals surface area contributed by atoms with Crippen molar-refractivity contribution in [1.82, 2.24) is 4.98 Å². The summed E-state index contributed by atoms with van der Waals surface area (Å²) in [6, 6.07) is 0. The lowest BCUT2D eigenvalue weighted by molar-refractivity contribution is 0.324. The highest BCUT2D eigenvalue weighted by molar-refractivity contribution is 7.11. The molecule has 0 spiro atoms. The summed E-state index contributed by atoms with van der Waals surface area (Å²) >= 11 is 1.88. The third kappa shape index (κ3) is 1.78. The van der Waals surface area contributed by atoms with Gasteiger partial charge in [0, 0.05) is 16.5 Å². The second-order valence-electron chi connectivity index (χ2n) is 4.36.